The molecule has 32 heavy (non-hydrogen) atoms. The molecule has 1 fully saturated rings. The predicted octanol–water partition coefficient (Wildman–Crippen LogP) is 3.14. The Morgan fingerprint density at radius 2 is 1.81 bits per heavy atom. The molecule has 0 radical (unpaired) electrons. The van der Waals surface area contributed by atoms with E-state index in [0.717, 1.165) is 12.8 Å². The lowest BCUT2D eigenvalue weighted by atomic mass is 10.1. The van der Waals surface area contributed by atoms with E-state index in [4.69, 9.17) is 14.2 Å². The largest absolute Gasteiger partial charge is 0.490 e. The number of piperidine rings is 1. The summed E-state index contributed by atoms with van der Waals surface area (Å²) in [7, 11) is 0. The summed E-state index contributed by atoms with van der Waals surface area (Å²) < 4.78 is 18.9. The van der Waals surface area contributed by atoms with Gasteiger partial charge in [0, 0.05) is 50.0 Å². The third-order valence-electron chi connectivity index (χ3n) is 5.17. The second-order valence-electron chi connectivity index (χ2n) is 7.32. The summed E-state index contributed by atoms with van der Waals surface area (Å²) in [4.78, 5) is 14.8. The van der Waals surface area contributed by atoms with Gasteiger partial charge >= 0.3 is 0 Å². The molecule has 1 aliphatic heterocycles. The van der Waals surface area contributed by atoms with Gasteiger partial charge in [-0.05, 0) is 44.2 Å². The van der Waals surface area contributed by atoms with E-state index in [1.165, 1.54) is 0 Å². The lowest BCUT2D eigenvalue weighted by molar-refractivity contribution is 0.0585. The lowest BCUT2D eigenvalue weighted by Crippen LogP contribution is -2.41. The molecule has 168 valence electrons. The van der Waals surface area contributed by atoms with Gasteiger partial charge in [0.1, 0.15) is 6.10 Å². The van der Waals surface area contributed by atoms with Crippen LogP contribution in [0, 0.1) is 0 Å². The average Bonchev–Trinajstić information content (AvgIpc) is 3.36. The van der Waals surface area contributed by atoms with Gasteiger partial charge in [-0.1, -0.05) is 0 Å². The summed E-state index contributed by atoms with van der Waals surface area (Å²) in [5, 5.41) is 12.4. The minimum Gasteiger partial charge on any atom is -0.490 e. The van der Waals surface area contributed by atoms with Crippen LogP contribution in [-0.2, 0) is 0 Å². The smallest absolute Gasteiger partial charge is 0.253 e. The molecule has 9 nitrogen and oxygen atoms in total. The Labute approximate surface area is 186 Å². The first-order chi connectivity index (χ1) is 15.7. The zero-order valence-corrected chi connectivity index (χ0v) is 18.3. The molecule has 0 spiro atoms. The third kappa shape index (κ3) is 4.99. The van der Waals surface area contributed by atoms with Crippen LogP contribution in [0.2, 0.25) is 0 Å². The van der Waals surface area contributed by atoms with E-state index in [1.54, 1.807) is 41.3 Å². The number of carbonyl (C=O) groups is 1. The van der Waals surface area contributed by atoms with E-state index in [9.17, 15) is 4.79 Å². The summed E-state index contributed by atoms with van der Waals surface area (Å²) in [5.74, 6) is 2.33. The van der Waals surface area contributed by atoms with Crippen molar-refractivity contribution in [3.63, 3.8) is 0 Å². The monoisotopic (exact) mass is 437 g/mol. The Morgan fingerprint density at radius 1 is 1.03 bits per heavy atom. The SMILES string of the molecule is CCOc1ccc(C(=O)N2CCC(Oc3ccc(-n4cccn4)nn3)CC2)cc1OCC. The van der Waals surface area contributed by atoms with Crippen LogP contribution in [0.25, 0.3) is 5.82 Å². The zero-order chi connectivity index (χ0) is 22.3. The Kier molecular flexibility index (Phi) is 6.84. The molecule has 9 heteroatoms. The van der Waals surface area contributed by atoms with E-state index in [1.807, 2.05) is 30.9 Å². The highest BCUT2D eigenvalue weighted by molar-refractivity contribution is 5.95. The Morgan fingerprint density at radius 3 is 2.47 bits per heavy atom. The van der Waals surface area contributed by atoms with Gasteiger partial charge in [-0.15, -0.1) is 10.2 Å². The topological polar surface area (TPSA) is 91.6 Å². The number of hydrogen-bond acceptors (Lipinski definition) is 7. The van der Waals surface area contributed by atoms with Crippen molar-refractivity contribution >= 4 is 5.91 Å². The van der Waals surface area contributed by atoms with Crippen LogP contribution >= 0.6 is 0 Å². The number of nitrogens with zero attached hydrogens (tertiary/aromatic N) is 5. The Bertz CT molecular complexity index is 1020. The molecule has 1 aliphatic rings. The molecule has 0 unspecified atom stereocenters. The summed E-state index contributed by atoms with van der Waals surface area (Å²) in [6.07, 6.45) is 4.93. The highest BCUT2D eigenvalue weighted by Gasteiger charge is 2.26. The quantitative estimate of drug-likeness (QED) is 0.535. The molecular formula is C23H27N5O4. The van der Waals surface area contributed by atoms with E-state index >= 15 is 0 Å². The maximum Gasteiger partial charge on any atom is 0.253 e. The van der Waals surface area contributed by atoms with Crippen LogP contribution in [-0.4, -0.2) is 63.2 Å². The minimum absolute atomic E-state index is 0.0109. The van der Waals surface area contributed by atoms with Crippen molar-refractivity contribution in [1.82, 2.24) is 24.9 Å². The maximum absolute atomic E-state index is 13.0. The molecule has 4 rings (SSSR count). The van der Waals surface area contributed by atoms with Gasteiger partial charge in [-0.25, -0.2) is 4.68 Å². The van der Waals surface area contributed by atoms with Gasteiger partial charge in [0.25, 0.3) is 5.91 Å². The van der Waals surface area contributed by atoms with Gasteiger partial charge in [-0.2, -0.15) is 5.10 Å². The molecule has 0 atom stereocenters. The number of ether oxygens (including phenoxy) is 3. The van der Waals surface area contributed by atoms with Gasteiger partial charge in [0.05, 0.1) is 13.2 Å². The van der Waals surface area contributed by atoms with Crippen molar-refractivity contribution in [3.8, 4) is 23.2 Å². The number of amides is 1. The van der Waals surface area contributed by atoms with E-state index < -0.39 is 0 Å². The molecule has 1 amide bonds. The third-order valence-corrected chi connectivity index (χ3v) is 5.17. The van der Waals surface area contributed by atoms with Crippen LogP contribution in [0.4, 0.5) is 0 Å². The number of benzene rings is 1. The van der Waals surface area contributed by atoms with Crippen LogP contribution < -0.4 is 14.2 Å². The molecule has 1 aromatic carbocycles. The predicted molar refractivity (Wildman–Crippen MR) is 117 cm³/mol. The standard InChI is InChI=1S/C23H27N5O4/c1-3-30-19-7-6-17(16-20(19)31-4-2)23(29)27-14-10-18(11-15-27)32-22-9-8-21(25-26-22)28-13-5-12-24-28/h5-9,12-13,16,18H,3-4,10-11,14-15H2,1-2H3. The fourth-order valence-electron chi connectivity index (χ4n) is 3.62. The van der Waals surface area contributed by atoms with Gasteiger partial charge in [0.2, 0.25) is 5.88 Å². The normalized spacial score (nSPS) is 14.2. The number of rotatable bonds is 8. The molecule has 0 bridgehead atoms. The number of hydrogen-bond donors (Lipinski definition) is 0. The Hall–Kier alpha value is -3.62. The van der Waals surface area contributed by atoms with Crippen LogP contribution in [0.5, 0.6) is 17.4 Å². The van der Waals surface area contributed by atoms with Crippen LogP contribution in [0.15, 0.2) is 48.8 Å². The van der Waals surface area contributed by atoms with E-state index in [2.05, 4.69) is 15.3 Å². The second kappa shape index (κ2) is 10.1. The first kappa shape index (κ1) is 21.6. The molecule has 3 aromatic rings. The Balaban J connectivity index is 1.33. The van der Waals surface area contributed by atoms with Crippen LogP contribution in [0.1, 0.15) is 37.0 Å². The second-order valence-corrected chi connectivity index (χ2v) is 7.32. The number of aromatic nitrogens is 4. The van der Waals surface area contributed by atoms with Crippen molar-refractivity contribution < 1.29 is 19.0 Å². The molecule has 1 saturated heterocycles. The average molecular weight is 438 g/mol. The molecule has 2 aromatic heterocycles. The van der Waals surface area contributed by atoms with Gasteiger partial charge < -0.3 is 19.1 Å². The van der Waals surface area contributed by atoms with E-state index in [-0.39, 0.29) is 12.0 Å². The van der Waals surface area contributed by atoms with Crippen molar-refractivity contribution in [2.75, 3.05) is 26.3 Å². The van der Waals surface area contributed by atoms with Crippen molar-refractivity contribution in [2.45, 2.75) is 32.8 Å². The zero-order valence-electron chi connectivity index (χ0n) is 18.3. The van der Waals surface area contributed by atoms with Crippen molar-refractivity contribution in [3.05, 3.63) is 54.4 Å². The fraction of sp³-hybridized carbons (Fsp3) is 0.391. The number of likely N-dealkylation sites (tertiary alicyclic amines) is 1. The van der Waals surface area contributed by atoms with Crippen molar-refractivity contribution in [2.24, 2.45) is 0 Å². The summed E-state index contributed by atoms with van der Waals surface area (Å²) in [5.41, 5.74) is 0.594. The minimum atomic E-state index is -0.0178. The lowest BCUT2D eigenvalue weighted by Gasteiger charge is -2.32. The van der Waals surface area contributed by atoms with Crippen LogP contribution in [0.3, 0.4) is 0 Å². The molecular weight excluding hydrogens is 410 g/mol. The summed E-state index contributed by atoms with van der Waals surface area (Å²) >= 11 is 0. The molecule has 0 N–H and O–H groups in total. The van der Waals surface area contributed by atoms with Crippen molar-refractivity contribution in [1.29, 1.82) is 0 Å². The maximum atomic E-state index is 13.0. The molecule has 0 aliphatic carbocycles. The van der Waals surface area contributed by atoms with Gasteiger partial charge in [-0.3, -0.25) is 4.79 Å². The summed E-state index contributed by atoms with van der Waals surface area (Å²) in [6, 6.07) is 10.8. The van der Waals surface area contributed by atoms with Gasteiger partial charge in [0.15, 0.2) is 17.3 Å². The first-order valence-electron chi connectivity index (χ1n) is 10.9. The highest BCUT2D eigenvalue weighted by atomic mass is 16.5. The summed E-state index contributed by atoms with van der Waals surface area (Å²) in [6.45, 7) is 6.09. The first-order valence-corrected chi connectivity index (χ1v) is 10.9. The molecule has 0 saturated carbocycles. The molecule has 3 heterocycles. The van der Waals surface area contributed by atoms with E-state index in [0.29, 0.717) is 55.1 Å². The number of carbonyl (C=O) groups excluding carboxylic acids is 1. The fourth-order valence-corrected chi connectivity index (χ4v) is 3.62. The highest BCUT2D eigenvalue weighted by Crippen LogP contribution is 2.29.